The number of nitrogens with one attached hydrogen (secondary N) is 1. The van der Waals surface area contributed by atoms with Gasteiger partial charge in [0.1, 0.15) is 17.4 Å². The number of nitrogens with zero attached hydrogens (tertiary/aromatic N) is 1. The Labute approximate surface area is 163 Å². The molecule has 0 atom stereocenters. The SMILES string of the molecule is COc1cc(/C=C(/C#N)C(=O)Nc2ccc(OC)c(Cl)c2)c(Br)cc1O. The van der Waals surface area contributed by atoms with Gasteiger partial charge in [-0.05, 0) is 42.0 Å². The molecule has 2 aromatic rings. The first-order valence-electron chi connectivity index (χ1n) is 7.22. The second-order valence-corrected chi connectivity index (χ2v) is 6.28. The lowest BCUT2D eigenvalue weighted by atomic mass is 10.1. The van der Waals surface area contributed by atoms with E-state index in [2.05, 4.69) is 21.2 Å². The molecule has 1 amide bonds. The van der Waals surface area contributed by atoms with Gasteiger partial charge < -0.3 is 19.9 Å². The van der Waals surface area contributed by atoms with Gasteiger partial charge in [0.15, 0.2) is 11.5 Å². The summed E-state index contributed by atoms with van der Waals surface area (Å²) in [6.07, 6.45) is 1.38. The number of carbonyl (C=O) groups excluding carboxylic acids is 1. The van der Waals surface area contributed by atoms with Gasteiger partial charge in [-0.15, -0.1) is 0 Å². The Hall–Kier alpha value is -2.69. The van der Waals surface area contributed by atoms with E-state index in [4.69, 9.17) is 21.1 Å². The standard InChI is InChI=1S/C18H14BrClN2O4/c1-25-16-4-3-12(7-14(16)20)22-18(24)11(9-21)5-10-6-17(26-2)15(23)8-13(10)19/h3-8,23H,1-2H3,(H,22,24)/b11-5-. The maximum Gasteiger partial charge on any atom is 0.266 e. The molecule has 0 saturated heterocycles. The smallest absolute Gasteiger partial charge is 0.266 e. The highest BCUT2D eigenvalue weighted by atomic mass is 79.9. The van der Waals surface area contributed by atoms with Gasteiger partial charge in [0.2, 0.25) is 0 Å². The van der Waals surface area contributed by atoms with Gasteiger partial charge in [-0.3, -0.25) is 4.79 Å². The van der Waals surface area contributed by atoms with Crippen molar-refractivity contribution in [3.05, 3.63) is 51.0 Å². The molecule has 26 heavy (non-hydrogen) atoms. The number of carbonyl (C=O) groups is 1. The van der Waals surface area contributed by atoms with E-state index < -0.39 is 5.91 Å². The Morgan fingerprint density at radius 1 is 1.27 bits per heavy atom. The summed E-state index contributed by atoms with van der Waals surface area (Å²) >= 11 is 9.30. The lowest BCUT2D eigenvalue weighted by Gasteiger charge is -2.09. The van der Waals surface area contributed by atoms with Crippen molar-refractivity contribution in [3.8, 4) is 23.3 Å². The van der Waals surface area contributed by atoms with E-state index >= 15 is 0 Å². The van der Waals surface area contributed by atoms with Gasteiger partial charge in [-0.2, -0.15) is 5.26 Å². The van der Waals surface area contributed by atoms with Crippen LogP contribution in [0.1, 0.15) is 5.56 Å². The van der Waals surface area contributed by atoms with Crippen LogP contribution in [0.2, 0.25) is 5.02 Å². The molecule has 2 rings (SSSR count). The van der Waals surface area contributed by atoms with E-state index in [-0.39, 0.29) is 17.1 Å². The summed E-state index contributed by atoms with van der Waals surface area (Å²) in [5.41, 5.74) is 0.786. The van der Waals surface area contributed by atoms with E-state index in [0.717, 1.165) is 0 Å². The number of anilines is 1. The Kier molecular flexibility index (Phi) is 6.50. The highest BCUT2D eigenvalue weighted by molar-refractivity contribution is 9.10. The monoisotopic (exact) mass is 436 g/mol. The number of aromatic hydroxyl groups is 1. The fraction of sp³-hybridized carbons (Fsp3) is 0.111. The van der Waals surface area contributed by atoms with Crippen LogP contribution in [0.25, 0.3) is 6.08 Å². The predicted octanol–water partition coefficient (Wildman–Crippen LogP) is 4.37. The van der Waals surface area contributed by atoms with Crippen LogP contribution in [0.15, 0.2) is 40.4 Å². The average Bonchev–Trinajstić information content (AvgIpc) is 2.61. The van der Waals surface area contributed by atoms with E-state index in [9.17, 15) is 15.2 Å². The molecule has 0 aromatic heterocycles. The number of halogens is 2. The number of hydrogen-bond acceptors (Lipinski definition) is 5. The molecule has 134 valence electrons. The van der Waals surface area contributed by atoms with E-state index in [1.807, 2.05) is 6.07 Å². The second-order valence-electron chi connectivity index (χ2n) is 5.02. The molecule has 0 radical (unpaired) electrons. The predicted molar refractivity (Wildman–Crippen MR) is 103 cm³/mol. The minimum absolute atomic E-state index is 0.0626. The maximum absolute atomic E-state index is 12.4. The minimum Gasteiger partial charge on any atom is -0.504 e. The van der Waals surface area contributed by atoms with E-state index in [1.165, 1.54) is 38.5 Å². The number of methoxy groups -OCH3 is 2. The summed E-state index contributed by atoms with van der Waals surface area (Å²) in [5, 5.41) is 22.0. The van der Waals surface area contributed by atoms with Crippen LogP contribution in [0.4, 0.5) is 5.69 Å². The second kappa shape index (κ2) is 8.61. The van der Waals surface area contributed by atoms with Crippen molar-refractivity contribution in [2.24, 2.45) is 0 Å². The Morgan fingerprint density at radius 3 is 2.54 bits per heavy atom. The molecule has 0 bridgehead atoms. The molecule has 0 aliphatic heterocycles. The molecule has 0 saturated carbocycles. The van der Waals surface area contributed by atoms with Crippen molar-refractivity contribution >= 4 is 45.2 Å². The van der Waals surface area contributed by atoms with Gasteiger partial charge in [-0.25, -0.2) is 0 Å². The number of rotatable bonds is 5. The van der Waals surface area contributed by atoms with Crippen molar-refractivity contribution < 1.29 is 19.4 Å². The highest BCUT2D eigenvalue weighted by Crippen LogP contribution is 2.33. The minimum atomic E-state index is -0.604. The lowest BCUT2D eigenvalue weighted by molar-refractivity contribution is -0.112. The van der Waals surface area contributed by atoms with Crippen LogP contribution in [-0.4, -0.2) is 25.2 Å². The summed E-state index contributed by atoms with van der Waals surface area (Å²) in [4.78, 5) is 12.4. The third-order valence-corrected chi connectivity index (χ3v) is 4.35. The fourth-order valence-electron chi connectivity index (χ4n) is 2.08. The van der Waals surface area contributed by atoms with Gasteiger partial charge in [0.25, 0.3) is 5.91 Å². The molecule has 6 nitrogen and oxygen atoms in total. The van der Waals surface area contributed by atoms with Crippen LogP contribution in [0.5, 0.6) is 17.2 Å². The third-order valence-electron chi connectivity index (χ3n) is 3.37. The summed E-state index contributed by atoms with van der Waals surface area (Å²) in [5.74, 6) is 0.0277. The average molecular weight is 438 g/mol. The molecule has 0 fully saturated rings. The van der Waals surface area contributed by atoms with E-state index in [1.54, 1.807) is 12.1 Å². The molecule has 0 aliphatic rings. The zero-order valence-corrected chi connectivity index (χ0v) is 16.2. The first kappa shape index (κ1) is 19.6. The number of benzene rings is 2. The number of phenols is 1. The Bertz CT molecular complexity index is 922. The van der Waals surface area contributed by atoms with Gasteiger partial charge in [0.05, 0.1) is 19.2 Å². The van der Waals surface area contributed by atoms with Crippen LogP contribution in [0, 0.1) is 11.3 Å². The van der Waals surface area contributed by atoms with Gasteiger partial charge in [0, 0.05) is 10.2 Å². The zero-order chi connectivity index (χ0) is 19.3. The molecule has 0 heterocycles. The van der Waals surface area contributed by atoms with Crippen molar-refractivity contribution in [3.63, 3.8) is 0 Å². The number of hydrogen-bond donors (Lipinski definition) is 2. The summed E-state index contributed by atoms with van der Waals surface area (Å²) in [6.45, 7) is 0. The Morgan fingerprint density at radius 2 is 1.96 bits per heavy atom. The molecule has 8 heteroatoms. The summed E-state index contributed by atoms with van der Waals surface area (Å²) in [6, 6.07) is 9.52. The molecule has 2 N–H and O–H groups in total. The van der Waals surface area contributed by atoms with Gasteiger partial charge >= 0.3 is 0 Å². The molecule has 0 aliphatic carbocycles. The normalized spacial score (nSPS) is 10.8. The molecular weight excluding hydrogens is 424 g/mol. The van der Waals surface area contributed by atoms with Crippen LogP contribution < -0.4 is 14.8 Å². The van der Waals surface area contributed by atoms with Crippen molar-refractivity contribution in [2.75, 3.05) is 19.5 Å². The Balaban J connectivity index is 2.30. The van der Waals surface area contributed by atoms with Gasteiger partial charge in [-0.1, -0.05) is 27.5 Å². The van der Waals surface area contributed by atoms with Crippen molar-refractivity contribution in [2.45, 2.75) is 0 Å². The zero-order valence-electron chi connectivity index (χ0n) is 13.8. The first-order chi connectivity index (χ1) is 12.4. The highest BCUT2D eigenvalue weighted by Gasteiger charge is 2.13. The lowest BCUT2D eigenvalue weighted by Crippen LogP contribution is -2.13. The van der Waals surface area contributed by atoms with Crippen molar-refractivity contribution in [1.29, 1.82) is 5.26 Å². The topological polar surface area (TPSA) is 91.6 Å². The molecule has 2 aromatic carbocycles. The quantitative estimate of drug-likeness (QED) is 0.535. The molecule has 0 unspecified atom stereocenters. The molecular formula is C18H14BrClN2O4. The van der Waals surface area contributed by atoms with E-state index in [0.29, 0.717) is 26.5 Å². The first-order valence-corrected chi connectivity index (χ1v) is 8.40. The number of amides is 1. The number of nitriles is 1. The summed E-state index contributed by atoms with van der Waals surface area (Å²) in [7, 11) is 2.89. The third kappa shape index (κ3) is 4.48. The largest absolute Gasteiger partial charge is 0.504 e. The van der Waals surface area contributed by atoms with Crippen LogP contribution in [0.3, 0.4) is 0 Å². The van der Waals surface area contributed by atoms with Crippen LogP contribution >= 0.6 is 27.5 Å². The number of phenolic OH excluding ortho intramolecular Hbond substituents is 1. The summed E-state index contributed by atoms with van der Waals surface area (Å²) < 4.78 is 10.6. The molecule has 0 spiro atoms. The maximum atomic E-state index is 12.4. The fourth-order valence-corrected chi connectivity index (χ4v) is 2.78. The van der Waals surface area contributed by atoms with Crippen LogP contribution in [-0.2, 0) is 4.79 Å². The van der Waals surface area contributed by atoms with Crippen molar-refractivity contribution in [1.82, 2.24) is 0 Å². The number of ether oxygens (including phenoxy) is 2.